The molecule has 0 aromatic carbocycles. The van der Waals surface area contributed by atoms with Crippen LogP contribution in [0.2, 0.25) is 5.15 Å². The van der Waals surface area contributed by atoms with Gasteiger partial charge >= 0.3 is 0 Å². The van der Waals surface area contributed by atoms with Gasteiger partial charge in [-0.05, 0) is 6.92 Å². The Bertz CT molecular complexity index is 251. The number of hydrogen-bond acceptors (Lipinski definition) is 4. The summed E-state index contributed by atoms with van der Waals surface area (Å²) in [7, 11) is 0. The summed E-state index contributed by atoms with van der Waals surface area (Å²) in [6.45, 7) is 2.57. The highest BCUT2D eigenvalue weighted by atomic mass is 35.5. The average molecular weight is 187 g/mol. The minimum absolute atomic E-state index is 0.0887. The lowest BCUT2D eigenvalue weighted by molar-refractivity contribution is 0.776. The third-order valence-corrected chi connectivity index (χ3v) is 1.39. The second kappa shape index (κ2) is 4.23. The molecule has 0 saturated heterocycles. The van der Waals surface area contributed by atoms with Crippen LogP contribution in [0.1, 0.15) is 6.92 Å². The molecular weight excluding hydrogens is 176 g/mol. The first-order valence-corrected chi connectivity index (χ1v) is 4.03. The van der Waals surface area contributed by atoms with Crippen LogP contribution in [-0.4, -0.2) is 22.6 Å². The highest BCUT2D eigenvalue weighted by Crippen LogP contribution is 2.05. The number of nitrogens with zero attached hydrogens (tertiary/aromatic N) is 2. The van der Waals surface area contributed by atoms with Gasteiger partial charge < -0.3 is 11.1 Å². The van der Waals surface area contributed by atoms with Gasteiger partial charge in [0.15, 0.2) is 0 Å². The van der Waals surface area contributed by atoms with Crippen molar-refractivity contribution in [3.8, 4) is 0 Å². The Morgan fingerprint density at radius 1 is 1.67 bits per heavy atom. The Balaban J connectivity index is 2.52. The van der Waals surface area contributed by atoms with E-state index in [4.69, 9.17) is 17.3 Å². The summed E-state index contributed by atoms with van der Waals surface area (Å²) in [5, 5.41) is 3.38. The van der Waals surface area contributed by atoms with Crippen molar-refractivity contribution in [1.29, 1.82) is 0 Å². The zero-order valence-corrected chi connectivity index (χ0v) is 7.54. The average Bonchev–Trinajstić information content (AvgIpc) is 2.01. The summed E-state index contributed by atoms with van der Waals surface area (Å²) in [4.78, 5) is 7.85. The van der Waals surface area contributed by atoms with Crippen molar-refractivity contribution >= 4 is 17.4 Å². The van der Waals surface area contributed by atoms with Gasteiger partial charge in [0.2, 0.25) is 0 Å². The lowest BCUT2D eigenvalue weighted by atomic mass is 10.4. The van der Waals surface area contributed by atoms with Crippen LogP contribution in [0.3, 0.4) is 0 Å². The van der Waals surface area contributed by atoms with Crippen LogP contribution in [0, 0.1) is 0 Å². The zero-order chi connectivity index (χ0) is 8.97. The van der Waals surface area contributed by atoms with Crippen LogP contribution < -0.4 is 11.1 Å². The largest absolute Gasteiger partial charge is 0.367 e. The smallest absolute Gasteiger partial charge is 0.149 e. The lowest BCUT2D eigenvalue weighted by Crippen LogP contribution is -2.25. The van der Waals surface area contributed by atoms with E-state index in [1.165, 1.54) is 6.20 Å². The number of halogens is 1. The van der Waals surface area contributed by atoms with E-state index < -0.39 is 0 Å². The molecule has 3 N–H and O–H groups in total. The van der Waals surface area contributed by atoms with E-state index in [1.807, 2.05) is 6.92 Å². The molecule has 66 valence electrons. The van der Waals surface area contributed by atoms with Crippen LogP contribution in [0.25, 0.3) is 0 Å². The second-order valence-corrected chi connectivity index (χ2v) is 2.97. The maximum atomic E-state index is 5.62. The lowest BCUT2D eigenvalue weighted by Gasteiger charge is -2.06. The van der Waals surface area contributed by atoms with E-state index in [2.05, 4.69) is 15.3 Å². The molecule has 0 saturated carbocycles. The molecule has 0 bridgehead atoms. The van der Waals surface area contributed by atoms with Crippen molar-refractivity contribution in [2.75, 3.05) is 11.9 Å². The number of aromatic nitrogens is 2. The van der Waals surface area contributed by atoms with Crippen LogP contribution in [-0.2, 0) is 0 Å². The van der Waals surface area contributed by atoms with Gasteiger partial charge in [-0.3, -0.25) is 4.98 Å². The molecule has 12 heavy (non-hydrogen) atoms. The quantitative estimate of drug-likeness (QED) is 0.736. The second-order valence-electron chi connectivity index (χ2n) is 2.59. The van der Waals surface area contributed by atoms with Crippen LogP contribution in [0.5, 0.6) is 0 Å². The fourth-order valence-corrected chi connectivity index (χ4v) is 0.840. The summed E-state index contributed by atoms with van der Waals surface area (Å²) in [5.74, 6) is 0.653. The summed E-state index contributed by atoms with van der Waals surface area (Å²) >= 11 is 5.62. The molecule has 0 spiro atoms. The maximum absolute atomic E-state index is 5.62. The molecule has 0 amide bonds. The summed E-state index contributed by atoms with van der Waals surface area (Å²) < 4.78 is 0. The molecule has 1 aromatic rings. The monoisotopic (exact) mass is 186 g/mol. The fraction of sp³-hybridized carbons (Fsp3) is 0.429. The van der Waals surface area contributed by atoms with Crippen molar-refractivity contribution in [3.05, 3.63) is 17.5 Å². The third-order valence-electron chi connectivity index (χ3n) is 1.21. The van der Waals surface area contributed by atoms with Crippen LogP contribution in [0.15, 0.2) is 12.4 Å². The molecule has 0 aliphatic carbocycles. The van der Waals surface area contributed by atoms with E-state index in [9.17, 15) is 0 Å². The number of nitrogens with two attached hydrogens (primary N) is 1. The van der Waals surface area contributed by atoms with Gasteiger partial charge in [0.05, 0.1) is 12.4 Å². The van der Waals surface area contributed by atoms with Crippen molar-refractivity contribution in [1.82, 2.24) is 9.97 Å². The van der Waals surface area contributed by atoms with Gasteiger partial charge in [-0.25, -0.2) is 4.98 Å². The van der Waals surface area contributed by atoms with Gasteiger partial charge in [0, 0.05) is 12.6 Å². The predicted octanol–water partition coefficient (Wildman–Crippen LogP) is 0.889. The van der Waals surface area contributed by atoms with Gasteiger partial charge in [-0.15, -0.1) is 0 Å². The molecule has 0 fully saturated rings. The SMILES string of the molecule is CC(N)CNc1cncc(Cl)n1. The molecule has 1 atom stereocenters. The van der Waals surface area contributed by atoms with E-state index in [-0.39, 0.29) is 6.04 Å². The molecule has 1 heterocycles. The molecule has 4 nitrogen and oxygen atoms in total. The standard InChI is InChI=1S/C7H11ClN4/c1-5(9)2-11-7-4-10-3-6(8)12-7/h3-5H,2,9H2,1H3,(H,11,12). The van der Waals surface area contributed by atoms with E-state index >= 15 is 0 Å². The molecule has 0 radical (unpaired) electrons. The van der Waals surface area contributed by atoms with Gasteiger partial charge in [-0.2, -0.15) is 0 Å². The Labute approximate surface area is 76.2 Å². The van der Waals surface area contributed by atoms with Gasteiger partial charge in [0.1, 0.15) is 11.0 Å². The van der Waals surface area contributed by atoms with E-state index in [0.717, 1.165) is 0 Å². The first kappa shape index (κ1) is 9.22. The molecule has 0 aliphatic heterocycles. The number of hydrogen-bond donors (Lipinski definition) is 2. The van der Waals surface area contributed by atoms with Crippen molar-refractivity contribution in [3.63, 3.8) is 0 Å². The highest BCUT2D eigenvalue weighted by molar-refractivity contribution is 6.29. The zero-order valence-electron chi connectivity index (χ0n) is 6.79. The molecule has 1 aromatic heterocycles. The summed E-state index contributed by atoms with van der Waals surface area (Å²) in [6.07, 6.45) is 3.09. The van der Waals surface area contributed by atoms with Gasteiger partial charge in [0.25, 0.3) is 0 Å². The number of nitrogens with one attached hydrogen (secondary N) is 1. The van der Waals surface area contributed by atoms with Crippen LogP contribution in [0.4, 0.5) is 5.82 Å². The topological polar surface area (TPSA) is 63.8 Å². The van der Waals surface area contributed by atoms with Crippen molar-refractivity contribution < 1.29 is 0 Å². The highest BCUT2D eigenvalue weighted by Gasteiger charge is 1.96. The van der Waals surface area contributed by atoms with Crippen LogP contribution >= 0.6 is 11.6 Å². The van der Waals surface area contributed by atoms with Gasteiger partial charge in [-0.1, -0.05) is 11.6 Å². The molecule has 0 aliphatic rings. The Morgan fingerprint density at radius 3 is 3.00 bits per heavy atom. The maximum Gasteiger partial charge on any atom is 0.149 e. The molecule has 1 unspecified atom stereocenters. The summed E-state index contributed by atoms with van der Waals surface area (Å²) in [6, 6.07) is 0.0887. The normalized spacial score (nSPS) is 12.6. The minimum atomic E-state index is 0.0887. The molecule has 5 heteroatoms. The van der Waals surface area contributed by atoms with E-state index in [0.29, 0.717) is 17.5 Å². The predicted molar refractivity (Wildman–Crippen MR) is 49.2 cm³/mol. The van der Waals surface area contributed by atoms with Crippen molar-refractivity contribution in [2.24, 2.45) is 5.73 Å². The number of anilines is 1. The Morgan fingerprint density at radius 2 is 2.42 bits per heavy atom. The minimum Gasteiger partial charge on any atom is -0.367 e. The van der Waals surface area contributed by atoms with E-state index in [1.54, 1.807) is 6.20 Å². The third kappa shape index (κ3) is 3.02. The molecule has 1 rings (SSSR count). The Hall–Kier alpha value is -0.870. The summed E-state index contributed by atoms with van der Waals surface area (Å²) in [5.41, 5.74) is 5.53. The van der Waals surface area contributed by atoms with Crippen molar-refractivity contribution in [2.45, 2.75) is 13.0 Å². The fourth-order valence-electron chi connectivity index (χ4n) is 0.693. The number of rotatable bonds is 3. The first-order valence-electron chi connectivity index (χ1n) is 3.65. The first-order chi connectivity index (χ1) is 5.68. The Kier molecular flexibility index (Phi) is 3.25. The molecular formula is C7H11ClN4.